The normalized spacial score (nSPS) is 9.65. The van der Waals surface area contributed by atoms with Gasteiger partial charge >= 0.3 is 11.9 Å². The van der Waals surface area contributed by atoms with Crippen LogP contribution in [0.3, 0.4) is 0 Å². The van der Waals surface area contributed by atoms with Gasteiger partial charge in [-0.25, -0.2) is 9.59 Å². The second kappa shape index (κ2) is 7.17. The van der Waals surface area contributed by atoms with Gasteiger partial charge in [-0.3, -0.25) is 0 Å². The first kappa shape index (κ1) is 16.3. The van der Waals surface area contributed by atoms with Gasteiger partial charge in [0.1, 0.15) is 5.57 Å². The average molecular weight is 319 g/mol. The van der Waals surface area contributed by atoms with Crippen molar-refractivity contribution < 1.29 is 23.8 Å². The smallest absolute Gasteiger partial charge is 0.345 e. The summed E-state index contributed by atoms with van der Waals surface area (Å²) in [5.41, 5.74) is 0.166. The number of rotatable bonds is 4. The highest BCUT2D eigenvalue weighted by Crippen LogP contribution is 2.34. The highest BCUT2D eigenvalue weighted by Gasteiger charge is 2.20. The molecule has 0 bridgehead atoms. The number of hydrogen-bond acceptors (Lipinski definition) is 5. The Balaban J connectivity index is 3.31. The van der Waals surface area contributed by atoms with Crippen LogP contribution in [0.1, 0.15) is 5.56 Å². The molecule has 0 aliphatic rings. The van der Waals surface area contributed by atoms with E-state index in [0.29, 0.717) is 11.3 Å². The molecule has 0 N–H and O–H groups in total. The minimum Gasteiger partial charge on any atom is -0.494 e. The van der Waals surface area contributed by atoms with Crippen LogP contribution in [0.5, 0.6) is 5.75 Å². The van der Waals surface area contributed by atoms with Crippen molar-refractivity contribution in [3.63, 3.8) is 0 Å². The molecular formula is C13H12Cl2O5. The molecule has 1 aromatic carbocycles. The van der Waals surface area contributed by atoms with Crippen molar-refractivity contribution in [1.29, 1.82) is 0 Å². The summed E-state index contributed by atoms with van der Waals surface area (Å²) < 4.78 is 14.0. The van der Waals surface area contributed by atoms with Crippen molar-refractivity contribution in [2.75, 3.05) is 21.3 Å². The lowest BCUT2D eigenvalue weighted by molar-refractivity contribution is -0.143. The lowest BCUT2D eigenvalue weighted by Crippen LogP contribution is -2.15. The van der Waals surface area contributed by atoms with Crippen LogP contribution in [0.2, 0.25) is 10.0 Å². The number of esters is 2. The monoisotopic (exact) mass is 318 g/mol. The summed E-state index contributed by atoms with van der Waals surface area (Å²) in [7, 11) is 3.75. The highest BCUT2D eigenvalue weighted by atomic mass is 35.5. The Hall–Kier alpha value is -1.72. The number of halogens is 2. The highest BCUT2D eigenvalue weighted by molar-refractivity contribution is 6.37. The summed E-state index contributed by atoms with van der Waals surface area (Å²) >= 11 is 11.9. The lowest BCUT2D eigenvalue weighted by atomic mass is 10.1. The largest absolute Gasteiger partial charge is 0.494 e. The summed E-state index contributed by atoms with van der Waals surface area (Å²) in [6.45, 7) is 0. The molecule has 0 aliphatic carbocycles. The molecule has 108 valence electrons. The van der Waals surface area contributed by atoms with E-state index in [1.54, 1.807) is 0 Å². The topological polar surface area (TPSA) is 61.8 Å². The maximum absolute atomic E-state index is 11.5. The Morgan fingerprint density at radius 3 is 1.80 bits per heavy atom. The van der Waals surface area contributed by atoms with E-state index in [-0.39, 0.29) is 15.6 Å². The van der Waals surface area contributed by atoms with E-state index in [9.17, 15) is 9.59 Å². The Kier molecular flexibility index (Phi) is 5.85. The van der Waals surface area contributed by atoms with Crippen LogP contribution in [-0.2, 0) is 19.1 Å². The summed E-state index contributed by atoms with van der Waals surface area (Å²) in [5.74, 6) is -1.33. The number of ether oxygens (including phenoxy) is 3. The summed E-state index contributed by atoms with van der Waals surface area (Å²) in [6.07, 6.45) is 1.27. The van der Waals surface area contributed by atoms with E-state index in [2.05, 4.69) is 9.47 Å². The zero-order chi connectivity index (χ0) is 15.3. The van der Waals surface area contributed by atoms with Crippen LogP contribution < -0.4 is 4.74 Å². The van der Waals surface area contributed by atoms with Gasteiger partial charge in [0.15, 0.2) is 5.75 Å². The van der Waals surface area contributed by atoms with Gasteiger partial charge in [0.05, 0.1) is 31.4 Å². The van der Waals surface area contributed by atoms with Crippen molar-refractivity contribution in [1.82, 2.24) is 0 Å². The van der Waals surface area contributed by atoms with Crippen molar-refractivity contribution >= 4 is 41.2 Å². The first-order chi connectivity index (χ1) is 9.44. The lowest BCUT2D eigenvalue weighted by Gasteiger charge is -2.08. The predicted molar refractivity (Wildman–Crippen MR) is 75.0 cm³/mol. The molecular weight excluding hydrogens is 307 g/mol. The molecule has 5 nitrogen and oxygen atoms in total. The van der Waals surface area contributed by atoms with Gasteiger partial charge in [0.2, 0.25) is 0 Å². The maximum Gasteiger partial charge on any atom is 0.345 e. The molecule has 0 spiro atoms. The quantitative estimate of drug-likeness (QED) is 0.370. The number of methoxy groups -OCH3 is 3. The van der Waals surface area contributed by atoms with Crippen LogP contribution in [0.15, 0.2) is 17.7 Å². The van der Waals surface area contributed by atoms with Crippen LogP contribution in [-0.4, -0.2) is 33.3 Å². The molecule has 0 saturated carbocycles. The molecule has 0 amide bonds. The second-order valence-electron chi connectivity index (χ2n) is 3.56. The molecule has 0 heterocycles. The standard InChI is InChI=1S/C13H12Cl2O5/c1-18-11-9(14)5-7(6-10(11)15)4-8(12(16)19-2)13(17)20-3/h4-6H,1-3H3. The van der Waals surface area contributed by atoms with E-state index in [0.717, 1.165) is 14.2 Å². The summed E-state index contributed by atoms with van der Waals surface area (Å²) in [5, 5.41) is 0.501. The Morgan fingerprint density at radius 1 is 1.00 bits per heavy atom. The van der Waals surface area contributed by atoms with Gasteiger partial charge in [-0.05, 0) is 23.8 Å². The third kappa shape index (κ3) is 3.65. The predicted octanol–water partition coefficient (Wildman–Crippen LogP) is 2.73. The van der Waals surface area contributed by atoms with E-state index < -0.39 is 11.9 Å². The molecule has 0 aromatic heterocycles. The Bertz CT molecular complexity index is 525. The minimum absolute atomic E-state index is 0.250. The fourth-order valence-corrected chi connectivity index (χ4v) is 2.10. The van der Waals surface area contributed by atoms with Crippen LogP contribution in [0, 0.1) is 0 Å². The Morgan fingerprint density at radius 2 is 1.45 bits per heavy atom. The van der Waals surface area contributed by atoms with E-state index in [1.807, 2.05) is 0 Å². The summed E-state index contributed by atoms with van der Waals surface area (Å²) in [6, 6.07) is 3.00. The van der Waals surface area contributed by atoms with E-state index >= 15 is 0 Å². The number of benzene rings is 1. The Labute approximate surface area is 126 Å². The zero-order valence-electron chi connectivity index (χ0n) is 11.0. The van der Waals surface area contributed by atoms with Gasteiger partial charge in [-0.2, -0.15) is 0 Å². The third-order valence-electron chi connectivity index (χ3n) is 2.35. The van der Waals surface area contributed by atoms with Gasteiger partial charge < -0.3 is 14.2 Å². The van der Waals surface area contributed by atoms with Crippen molar-refractivity contribution in [3.8, 4) is 5.75 Å². The third-order valence-corrected chi connectivity index (χ3v) is 2.91. The molecule has 0 unspecified atom stereocenters. The van der Waals surface area contributed by atoms with Gasteiger partial charge in [0.25, 0.3) is 0 Å². The zero-order valence-corrected chi connectivity index (χ0v) is 12.5. The van der Waals surface area contributed by atoms with Crippen molar-refractivity contribution in [2.45, 2.75) is 0 Å². The van der Waals surface area contributed by atoms with Gasteiger partial charge in [0, 0.05) is 0 Å². The van der Waals surface area contributed by atoms with Crippen LogP contribution >= 0.6 is 23.2 Å². The van der Waals surface area contributed by atoms with Crippen molar-refractivity contribution in [3.05, 3.63) is 33.3 Å². The molecule has 7 heteroatoms. The SMILES string of the molecule is COC(=O)C(=Cc1cc(Cl)c(OC)c(Cl)c1)C(=O)OC. The summed E-state index contributed by atoms with van der Waals surface area (Å²) in [4.78, 5) is 23.1. The molecule has 0 atom stereocenters. The van der Waals surface area contributed by atoms with E-state index in [1.165, 1.54) is 25.3 Å². The number of carbonyl (C=O) groups is 2. The van der Waals surface area contributed by atoms with Gasteiger partial charge in [-0.15, -0.1) is 0 Å². The number of carbonyl (C=O) groups excluding carboxylic acids is 2. The second-order valence-corrected chi connectivity index (χ2v) is 4.37. The first-order valence-electron chi connectivity index (χ1n) is 5.36. The average Bonchev–Trinajstić information content (AvgIpc) is 2.42. The van der Waals surface area contributed by atoms with Gasteiger partial charge in [-0.1, -0.05) is 23.2 Å². The van der Waals surface area contributed by atoms with Crippen molar-refractivity contribution in [2.24, 2.45) is 0 Å². The fraction of sp³-hybridized carbons (Fsp3) is 0.231. The fourth-order valence-electron chi connectivity index (χ4n) is 1.45. The van der Waals surface area contributed by atoms with Crippen LogP contribution in [0.25, 0.3) is 6.08 Å². The minimum atomic E-state index is -0.820. The molecule has 0 aliphatic heterocycles. The molecule has 0 saturated heterocycles. The van der Waals surface area contributed by atoms with Crippen LogP contribution in [0.4, 0.5) is 0 Å². The van der Waals surface area contributed by atoms with E-state index in [4.69, 9.17) is 27.9 Å². The molecule has 0 fully saturated rings. The first-order valence-corrected chi connectivity index (χ1v) is 6.11. The maximum atomic E-state index is 11.5. The number of hydrogen-bond donors (Lipinski definition) is 0. The molecule has 1 rings (SSSR count). The molecule has 1 aromatic rings. The molecule has 0 radical (unpaired) electrons. The molecule has 20 heavy (non-hydrogen) atoms.